The van der Waals surface area contributed by atoms with Gasteiger partial charge in [0.1, 0.15) is 5.82 Å². The summed E-state index contributed by atoms with van der Waals surface area (Å²) in [5.41, 5.74) is 6.80. The van der Waals surface area contributed by atoms with Crippen molar-refractivity contribution in [2.45, 2.75) is 32.9 Å². The molecule has 1 saturated heterocycles. The molecule has 1 aromatic carbocycles. The number of aromatic nitrogens is 5. The van der Waals surface area contributed by atoms with Crippen LogP contribution in [0, 0.1) is 12.7 Å². The second kappa shape index (κ2) is 8.72. The highest BCUT2D eigenvalue weighted by Gasteiger charge is 2.29. The highest BCUT2D eigenvalue weighted by molar-refractivity contribution is 7.22. The number of aryl methyl sites for hydroxylation is 1. The molecule has 11 heteroatoms. The third kappa shape index (κ3) is 4.07. The summed E-state index contributed by atoms with van der Waals surface area (Å²) in [5.74, 6) is 0.603. The molecule has 1 atom stereocenters. The first-order valence-electron chi connectivity index (χ1n) is 10.7. The number of thiazole rings is 1. The molecule has 168 valence electrons. The third-order valence-corrected chi connectivity index (χ3v) is 7.95. The van der Waals surface area contributed by atoms with Crippen molar-refractivity contribution < 1.29 is 4.39 Å². The molecule has 32 heavy (non-hydrogen) atoms. The topological polar surface area (TPSA) is 89.0 Å². The predicted molar refractivity (Wildman–Crippen MR) is 127 cm³/mol. The van der Waals surface area contributed by atoms with Crippen LogP contribution in [0.15, 0.2) is 24.3 Å². The quantitative estimate of drug-likeness (QED) is 0.428. The van der Waals surface area contributed by atoms with E-state index in [1.807, 2.05) is 4.68 Å². The average molecular weight is 473 g/mol. The molecule has 8 nitrogen and oxygen atoms in total. The Morgan fingerprint density at radius 1 is 1.16 bits per heavy atom. The summed E-state index contributed by atoms with van der Waals surface area (Å²) in [5, 5.41) is 13.4. The van der Waals surface area contributed by atoms with Crippen molar-refractivity contribution in [1.82, 2.24) is 30.1 Å². The van der Waals surface area contributed by atoms with Gasteiger partial charge in [0.15, 0.2) is 11.0 Å². The highest BCUT2D eigenvalue weighted by atomic mass is 32.1. The third-order valence-electron chi connectivity index (χ3n) is 5.83. The number of hydrogen-bond acceptors (Lipinski definition) is 9. The van der Waals surface area contributed by atoms with Crippen LogP contribution in [0.2, 0.25) is 0 Å². The molecule has 0 bridgehead atoms. The van der Waals surface area contributed by atoms with E-state index in [1.54, 1.807) is 17.4 Å². The number of tetrazole rings is 1. The molecule has 0 spiro atoms. The number of halogens is 1. The van der Waals surface area contributed by atoms with Crippen LogP contribution in [0.3, 0.4) is 0 Å². The molecule has 0 radical (unpaired) electrons. The Morgan fingerprint density at radius 3 is 2.69 bits per heavy atom. The molecule has 1 unspecified atom stereocenters. The summed E-state index contributed by atoms with van der Waals surface area (Å²) < 4.78 is 16.7. The molecule has 5 rings (SSSR count). The van der Waals surface area contributed by atoms with E-state index in [-0.39, 0.29) is 11.9 Å². The van der Waals surface area contributed by atoms with Crippen LogP contribution < -0.4 is 10.6 Å². The predicted octanol–water partition coefficient (Wildman–Crippen LogP) is 3.70. The number of nitrogens with zero attached hydrogens (tertiary/aromatic N) is 7. The molecule has 0 saturated carbocycles. The van der Waals surface area contributed by atoms with Crippen molar-refractivity contribution in [3.05, 3.63) is 45.7 Å². The lowest BCUT2D eigenvalue weighted by atomic mass is 10.1. The number of fused-ring (bicyclic) bond motifs is 1. The maximum absolute atomic E-state index is 14.2. The maximum atomic E-state index is 14.2. The van der Waals surface area contributed by atoms with Crippen molar-refractivity contribution in [3.8, 4) is 0 Å². The molecular formula is C21H25FN8S2. The van der Waals surface area contributed by atoms with Gasteiger partial charge in [-0.1, -0.05) is 18.3 Å². The lowest BCUT2D eigenvalue weighted by Crippen LogP contribution is -2.48. The molecule has 4 aromatic rings. The van der Waals surface area contributed by atoms with Gasteiger partial charge in [-0.25, -0.2) is 14.1 Å². The fourth-order valence-corrected chi connectivity index (χ4v) is 6.12. The van der Waals surface area contributed by atoms with Gasteiger partial charge >= 0.3 is 0 Å². The summed E-state index contributed by atoms with van der Waals surface area (Å²) in [4.78, 5) is 11.8. The monoisotopic (exact) mass is 472 g/mol. The lowest BCUT2D eigenvalue weighted by Gasteiger charge is -2.38. The number of rotatable bonds is 6. The Bertz CT molecular complexity index is 1220. The van der Waals surface area contributed by atoms with Gasteiger partial charge < -0.3 is 10.6 Å². The summed E-state index contributed by atoms with van der Waals surface area (Å²) in [7, 11) is 0. The Morgan fingerprint density at radius 2 is 1.97 bits per heavy atom. The summed E-state index contributed by atoms with van der Waals surface area (Å²) in [6.07, 6.45) is 0.926. The van der Waals surface area contributed by atoms with E-state index in [9.17, 15) is 4.39 Å². The molecule has 3 aromatic heterocycles. The SMILES string of the molecule is CCC(c1nnnn1Cc1ccc(C)s1)N1CCN(c2nc3cc(N)cc(F)c3s2)CC1. The van der Waals surface area contributed by atoms with Crippen molar-refractivity contribution >= 4 is 43.7 Å². The largest absolute Gasteiger partial charge is 0.399 e. The first-order valence-corrected chi connectivity index (χ1v) is 12.3. The highest BCUT2D eigenvalue weighted by Crippen LogP contribution is 2.33. The molecule has 2 N–H and O–H groups in total. The van der Waals surface area contributed by atoms with Crippen LogP contribution in [0.1, 0.15) is 35.0 Å². The number of thiophene rings is 1. The summed E-state index contributed by atoms with van der Waals surface area (Å²) in [6, 6.07) is 7.51. The van der Waals surface area contributed by atoms with Gasteiger partial charge in [0, 0.05) is 41.6 Å². The van der Waals surface area contributed by atoms with Gasteiger partial charge in [0.05, 0.1) is 22.8 Å². The molecule has 0 aliphatic carbocycles. The first kappa shape index (κ1) is 21.2. The Hall–Kier alpha value is -2.63. The summed E-state index contributed by atoms with van der Waals surface area (Å²) in [6.45, 7) is 8.34. The van der Waals surface area contributed by atoms with Crippen molar-refractivity contribution in [1.29, 1.82) is 0 Å². The Balaban J connectivity index is 1.29. The smallest absolute Gasteiger partial charge is 0.186 e. The number of benzene rings is 1. The molecule has 1 fully saturated rings. The van der Waals surface area contributed by atoms with Crippen molar-refractivity contribution in [2.24, 2.45) is 0 Å². The molecule has 1 aliphatic rings. The molecular weight excluding hydrogens is 447 g/mol. The van der Waals surface area contributed by atoms with Crippen LogP contribution in [0.25, 0.3) is 10.2 Å². The van der Waals surface area contributed by atoms with Crippen LogP contribution >= 0.6 is 22.7 Å². The first-order chi connectivity index (χ1) is 15.5. The van der Waals surface area contributed by atoms with E-state index < -0.39 is 0 Å². The standard InChI is InChI=1S/C21H25FN8S2/c1-3-18(20-25-26-27-30(20)12-15-5-4-13(2)31-15)28-6-8-29(9-7-28)21-24-17-11-14(23)10-16(22)19(17)32-21/h4-5,10-11,18H,3,6-9,12,23H2,1-2H3. The van der Waals surface area contributed by atoms with E-state index in [2.05, 4.69) is 56.3 Å². The lowest BCUT2D eigenvalue weighted by molar-refractivity contribution is 0.169. The van der Waals surface area contributed by atoms with Gasteiger partial charge in [-0.3, -0.25) is 4.90 Å². The summed E-state index contributed by atoms with van der Waals surface area (Å²) >= 11 is 3.16. The van der Waals surface area contributed by atoms with E-state index in [1.165, 1.54) is 27.2 Å². The number of piperazine rings is 1. The minimum absolute atomic E-state index is 0.154. The van der Waals surface area contributed by atoms with Crippen molar-refractivity contribution in [2.75, 3.05) is 36.8 Å². The molecule has 4 heterocycles. The normalized spacial score (nSPS) is 16.2. The number of anilines is 2. The fraction of sp³-hybridized carbons (Fsp3) is 0.429. The van der Waals surface area contributed by atoms with E-state index >= 15 is 0 Å². The second-order valence-electron chi connectivity index (χ2n) is 8.00. The number of nitrogen functional groups attached to an aromatic ring is 1. The fourth-order valence-electron chi connectivity index (χ4n) is 4.25. The zero-order valence-electron chi connectivity index (χ0n) is 18.0. The van der Waals surface area contributed by atoms with Gasteiger partial charge in [0.2, 0.25) is 0 Å². The van der Waals surface area contributed by atoms with E-state index in [0.29, 0.717) is 22.4 Å². The van der Waals surface area contributed by atoms with Crippen molar-refractivity contribution in [3.63, 3.8) is 0 Å². The van der Waals surface area contributed by atoms with Crippen LogP contribution in [-0.4, -0.2) is 56.3 Å². The average Bonchev–Trinajstić information content (AvgIpc) is 3.50. The maximum Gasteiger partial charge on any atom is 0.186 e. The van der Waals surface area contributed by atoms with E-state index in [4.69, 9.17) is 5.73 Å². The minimum Gasteiger partial charge on any atom is -0.399 e. The van der Waals surface area contributed by atoms with Crippen LogP contribution in [-0.2, 0) is 6.54 Å². The van der Waals surface area contributed by atoms with Crippen LogP contribution in [0.5, 0.6) is 0 Å². The van der Waals surface area contributed by atoms with Crippen LogP contribution in [0.4, 0.5) is 15.2 Å². The van der Waals surface area contributed by atoms with Gasteiger partial charge in [0.25, 0.3) is 0 Å². The Labute approximate surface area is 193 Å². The van der Waals surface area contributed by atoms with Gasteiger partial charge in [-0.05, 0) is 48.0 Å². The minimum atomic E-state index is -0.304. The Kier molecular flexibility index (Phi) is 5.78. The second-order valence-corrected chi connectivity index (χ2v) is 10.4. The van der Waals surface area contributed by atoms with Gasteiger partial charge in [-0.15, -0.1) is 16.4 Å². The van der Waals surface area contributed by atoms with E-state index in [0.717, 1.165) is 43.6 Å². The number of hydrogen-bond donors (Lipinski definition) is 1. The molecule has 1 aliphatic heterocycles. The zero-order chi connectivity index (χ0) is 22.2. The number of nitrogens with two attached hydrogens (primary N) is 1. The zero-order valence-corrected chi connectivity index (χ0v) is 19.7. The molecule has 0 amide bonds. The van der Waals surface area contributed by atoms with Gasteiger partial charge in [-0.2, -0.15) is 0 Å².